The molecule has 0 unspecified atom stereocenters. The molecule has 0 aliphatic heterocycles. The van der Waals surface area contributed by atoms with E-state index in [0.717, 1.165) is 31.6 Å². The number of hydrogen-bond donors (Lipinski definition) is 3. The van der Waals surface area contributed by atoms with E-state index in [-0.39, 0.29) is 5.95 Å². The zero-order valence-electron chi connectivity index (χ0n) is 13.4. The number of halogens is 3. The van der Waals surface area contributed by atoms with Crippen LogP contribution in [-0.2, 0) is 6.18 Å². The van der Waals surface area contributed by atoms with Crippen LogP contribution in [-0.4, -0.2) is 41.6 Å². The molecular formula is C15H21F3N6. The van der Waals surface area contributed by atoms with E-state index < -0.39 is 11.9 Å². The van der Waals surface area contributed by atoms with Crippen molar-refractivity contribution in [3.63, 3.8) is 0 Å². The minimum atomic E-state index is -4.48. The monoisotopic (exact) mass is 342 g/mol. The summed E-state index contributed by atoms with van der Waals surface area (Å²) < 4.78 is 37.7. The van der Waals surface area contributed by atoms with Gasteiger partial charge >= 0.3 is 6.18 Å². The Labute approximate surface area is 138 Å². The molecule has 3 N–H and O–H groups in total. The maximum absolute atomic E-state index is 12.6. The Morgan fingerprint density at radius 3 is 2.75 bits per heavy atom. The zero-order chi connectivity index (χ0) is 17.4. The van der Waals surface area contributed by atoms with Crippen LogP contribution in [0.1, 0.15) is 25.5 Å². The Kier molecular flexibility index (Phi) is 6.39. The molecule has 1 heterocycles. The van der Waals surface area contributed by atoms with E-state index in [2.05, 4.69) is 43.1 Å². The van der Waals surface area contributed by atoms with Gasteiger partial charge in [-0.1, -0.05) is 12.2 Å². The van der Waals surface area contributed by atoms with Gasteiger partial charge in [-0.15, -0.1) is 0 Å². The molecule has 9 heteroatoms. The normalized spacial score (nSPS) is 15.6. The highest BCUT2D eigenvalue weighted by atomic mass is 19.4. The van der Waals surface area contributed by atoms with Crippen LogP contribution < -0.4 is 16.0 Å². The molecule has 0 amide bonds. The van der Waals surface area contributed by atoms with E-state index >= 15 is 0 Å². The van der Waals surface area contributed by atoms with Crippen molar-refractivity contribution in [2.24, 2.45) is 4.99 Å². The second-order valence-corrected chi connectivity index (χ2v) is 5.23. The summed E-state index contributed by atoms with van der Waals surface area (Å²) >= 11 is 0. The second-order valence-electron chi connectivity index (χ2n) is 5.23. The third-order valence-corrected chi connectivity index (χ3v) is 3.30. The van der Waals surface area contributed by atoms with Gasteiger partial charge in [-0.05, 0) is 25.8 Å². The summed E-state index contributed by atoms with van der Waals surface area (Å²) in [6.07, 6.45) is 2.76. The first kappa shape index (κ1) is 18.0. The predicted octanol–water partition coefficient (Wildman–Crippen LogP) is 2.18. The third-order valence-electron chi connectivity index (χ3n) is 3.30. The van der Waals surface area contributed by atoms with Crippen molar-refractivity contribution in [2.45, 2.75) is 32.0 Å². The van der Waals surface area contributed by atoms with Crippen molar-refractivity contribution in [3.05, 3.63) is 30.1 Å². The number of nitrogens with zero attached hydrogens (tertiary/aromatic N) is 3. The summed E-state index contributed by atoms with van der Waals surface area (Å²) in [4.78, 5) is 11.6. The van der Waals surface area contributed by atoms with Crippen molar-refractivity contribution >= 4 is 11.9 Å². The van der Waals surface area contributed by atoms with Gasteiger partial charge in [-0.3, -0.25) is 4.99 Å². The lowest BCUT2D eigenvalue weighted by Crippen LogP contribution is -2.42. The highest BCUT2D eigenvalue weighted by Crippen LogP contribution is 2.27. The van der Waals surface area contributed by atoms with Crippen molar-refractivity contribution < 1.29 is 13.2 Å². The molecule has 6 nitrogen and oxygen atoms in total. The molecule has 0 spiro atoms. The highest BCUT2D eigenvalue weighted by Gasteiger charge is 2.32. The Bertz CT molecular complexity index is 577. The van der Waals surface area contributed by atoms with Gasteiger partial charge < -0.3 is 16.0 Å². The van der Waals surface area contributed by atoms with E-state index in [1.807, 2.05) is 6.92 Å². The van der Waals surface area contributed by atoms with Crippen LogP contribution in [0.2, 0.25) is 0 Å². The van der Waals surface area contributed by atoms with Crippen molar-refractivity contribution in [1.29, 1.82) is 0 Å². The first-order valence-electron chi connectivity index (χ1n) is 7.83. The molecule has 1 aliphatic rings. The van der Waals surface area contributed by atoms with Gasteiger partial charge in [0, 0.05) is 25.3 Å². The fourth-order valence-corrected chi connectivity index (χ4v) is 2.19. The van der Waals surface area contributed by atoms with Crippen LogP contribution in [0.3, 0.4) is 0 Å². The molecule has 24 heavy (non-hydrogen) atoms. The highest BCUT2D eigenvalue weighted by molar-refractivity contribution is 5.80. The summed E-state index contributed by atoms with van der Waals surface area (Å²) in [7, 11) is 0. The molecule has 2 rings (SSSR count). The van der Waals surface area contributed by atoms with Gasteiger partial charge in [-0.25, -0.2) is 9.97 Å². The van der Waals surface area contributed by atoms with Gasteiger partial charge in [0.05, 0.1) is 6.54 Å². The number of aliphatic imine (C=N–C) groups is 1. The Morgan fingerprint density at radius 1 is 1.33 bits per heavy atom. The lowest BCUT2D eigenvalue weighted by molar-refractivity contribution is -0.141. The predicted molar refractivity (Wildman–Crippen MR) is 86.8 cm³/mol. The summed E-state index contributed by atoms with van der Waals surface area (Å²) in [6.45, 7) is 3.42. The number of hydrogen-bond acceptors (Lipinski definition) is 4. The molecule has 1 aromatic heterocycles. The van der Waals surface area contributed by atoms with Crippen LogP contribution in [0.15, 0.2) is 29.4 Å². The SMILES string of the molecule is CCNC(=NCCNc1nccc(C(F)(F)F)n1)NC1CC=CC1. The second kappa shape index (κ2) is 8.51. The minimum Gasteiger partial charge on any atom is -0.357 e. The van der Waals surface area contributed by atoms with E-state index in [1.54, 1.807) is 0 Å². The van der Waals surface area contributed by atoms with Crippen LogP contribution in [0.4, 0.5) is 19.1 Å². The number of nitrogens with one attached hydrogen (secondary N) is 3. The molecule has 0 saturated heterocycles. The molecule has 0 saturated carbocycles. The number of alkyl halides is 3. The lowest BCUT2D eigenvalue weighted by Gasteiger charge is -2.16. The summed E-state index contributed by atoms with van der Waals surface area (Å²) in [5.41, 5.74) is -0.966. The number of anilines is 1. The summed E-state index contributed by atoms with van der Waals surface area (Å²) in [5, 5.41) is 9.20. The number of aromatic nitrogens is 2. The zero-order valence-corrected chi connectivity index (χ0v) is 13.4. The first-order chi connectivity index (χ1) is 11.5. The molecule has 0 bridgehead atoms. The fraction of sp³-hybridized carbons (Fsp3) is 0.533. The van der Waals surface area contributed by atoms with Gasteiger partial charge in [0.25, 0.3) is 0 Å². The van der Waals surface area contributed by atoms with Gasteiger partial charge in [0.15, 0.2) is 5.96 Å². The summed E-state index contributed by atoms with van der Waals surface area (Å²) in [6, 6.07) is 1.18. The maximum Gasteiger partial charge on any atom is 0.433 e. The maximum atomic E-state index is 12.6. The van der Waals surface area contributed by atoms with Crippen molar-refractivity contribution in [3.8, 4) is 0 Å². The minimum absolute atomic E-state index is 0.0574. The third kappa shape index (κ3) is 5.71. The molecule has 132 valence electrons. The quantitative estimate of drug-likeness (QED) is 0.320. The number of rotatable bonds is 6. The molecular weight excluding hydrogens is 321 g/mol. The van der Waals surface area contributed by atoms with Crippen molar-refractivity contribution in [1.82, 2.24) is 20.6 Å². The average Bonchev–Trinajstić information content (AvgIpc) is 3.04. The Balaban J connectivity index is 1.83. The molecule has 0 atom stereocenters. The smallest absolute Gasteiger partial charge is 0.357 e. The average molecular weight is 342 g/mol. The van der Waals surface area contributed by atoms with Crippen LogP contribution in [0, 0.1) is 0 Å². The van der Waals surface area contributed by atoms with E-state index in [1.165, 1.54) is 0 Å². The standard InChI is InChI=1S/C15H21F3N6/c1-2-19-13(23-11-5-3-4-6-11)21-9-10-22-14-20-8-7-12(24-14)15(16,17)18/h3-4,7-8,11H,2,5-6,9-10H2,1H3,(H2,19,21,23)(H,20,22,24). The van der Waals surface area contributed by atoms with Gasteiger partial charge in [0.2, 0.25) is 5.95 Å². The molecule has 1 aliphatic carbocycles. The largest absolute Gasteiger partial charge is 0.433 e. The van der Waals surface area contributed by atoms with E-state index in [9.17, 15) is 13.2 Å². The van der Waals surface area contributed by atoms with Crippen LogP contribution >= 0.6 is 0 Å². The van der Waals surface area contributed by atoms with Crippen molar-refractivity contribution in [2.75, 3.05) is 25.0 Å². The van der Waals surface area contributed by atoms with Gasteiger partial charge in [-0.2, -0.15) is 13.2 Å². The lowest BCUT2D eigenvalue weighted by atomic mass is 10.2. The van der Waals surface area contributed by atoms with E-state index in [0.29, 0.717) is 25.1 Å². The molecule has 1 aromatic rings. The first-order valence-corrected chi connectivity index (χ1v) is 7.83. The molecule has 0 radical (unpaired) electrons. The van der Waals surface area contributed by atoms with Gasteiger partial charge in [0.1, 0.15) is 5.69 Å². The number of guanidine groups is 1. The molecule has 0 fully saturated rings. The van der Waals surface area contributed by atoms with Crippen LogP contribution in [0.25, 0.3) is 0 Å². The Morgan fingerprint density at radius 2 is 2.08 bits per heavy atom. The van der Waals surface area contributed by atoms with Crippen LogP contribution in [0.5, 0.6) is 0 Å². The molecule has 0 aromatic carbocycles. The summed E-state index contributed by atoms with van der Waals surface area (Å²) in [5.74, 6) is 0.635. The fourth-order valence-electron chi connectivity index (χ4n) is 2.19. The van der Waals surface area contributed by atoms with E-state index in [4.69, 9.17) is 0 Å². The topological polar surface area (TPSA) is 74.2 Å². The Hall–Kier alpha value is -2.32.